The molecule has 2 N–H and O–H groups in total. The average molecular weight is 515 g/mol. The lowest BCUT2D eigenvalue weighted by molar-refractivity contribution is -0.132. The number of anilines is 2. The molecule has 8 heteroatoms. The molecule has 3 aromatic rings. The van der Waals surface area contributed by atoms with Gasteiger partial charge in [-0.25, -0.2) is 0 Å². The first-order chi connectivity index (χ1) is 18.1. The number of benzene rings is 3. The predicted octanol–water partition coefficient (Wildman–Crippen LogP) is 5.38. The molecule has 196 valence electrons. The summed E-state index contributed by atoms with van der Waals surface area (Å²) in [6, 6.07) is 17.8. The van der Waals surface area contributed by atoms with Gasteiger partial charge in [0.2, 0.25) is 5.91 Å². The summed E-state index contributed by atoms with van der Waals surface area (Å²) >= 11 is 0. The lowest BCUT2D eigenvalue weighted by Crippen LogP contribution is -2.29. The SMILES string of the molecule is COc1cccc(C2/C(=C(\O)c3ccc(OC(C)C)c(C)c3)C(=O)C(=O)N2c2cccc(NC(C)=O)c2)c1. The molecule has 1 heterocycles. The van der Waals surface area contributed by atoms with E-state index in [1.54, 1.807) is 66.7 Å². The van der Waals surface area contributed by atoms with Crippen molar-refractivity contribution in [3.8, 4) is 11.5 Å². The summed E-state index contributed by atoms with van der Waals surface area (Å²) in [6.07, 6.45) is -0.0280. The smallest absolute Gasteiger partial charge is 0.300 e. The van der Waals surface area contributed by atoms with Crippen LogP contribution in [0.3, 0.4) is 0 Å². The Bertz CT molecular complexity index is 1440. The van der Waals surface area contributed by atoms with E-state index in [0.717, 1.165) is 5.56 Å². The van der Waals surface area contributed by atoms with Crippen LogP contribution in [0.1, 0.15) is 43.5 Å². The van der Waals surface area contributed by atoms with E-state index in [1.165, 1.54) is 18.9 Å². The third-order valence-corrected chi connectivity index (χ3v) is 6.11. The maximum atomic E-state index is 13.5. The highest BCUT2D eigenvalue weighted by molar-refractivity contribution is 6.51. The van der Waals surface area contributed by atoms with Crippen LogP contribution in [0, 0.1) is 6.92 Å². The second kappa shape index (κ2) is 10.8. The molecule has 0 aliphatic carbocycles. The molecule has 4 rings (SSSR count). The van der Waals surface area contributed by atoms with Crippen LogP contribution in [0.4, 0.5) is 11.4 Å². The molecule has 0 aromatic heterocycles. The van der Waals surface area contributed by atoms with Crippen molar-refractivity contribution < 1.29 is 29.0 Å². The fourth-order valence-electron chi connectivity index (χ4n) is 4.50. The quantitative estimate of drug-likeness (QED) is 0.249. The zero-order valence-electron chi connectivity index (χ0n) is 21.9. The first kappa shape index (κ1) is 26.5. The van der Waals surface area contributed by atoms with Crippen LogP contribution in [0.25, 0.3) is 5.76 Å². The first-order valence-corrected chi connectivity index (χ1v) is 12.2. The maximum Gasteiger partial charge on any atom is 0.300 e. The van der Waals surface area contributed by atoms with Crippen molar-refractivity contribution >= 4 is 34.7 Å². The lowest BCUT2D eigenvalue weighted by atomic mass is 9.94. The summed E-state index contributed by atoms with van der Waals surface area (Å²) in [5, 5.41) is 14.2. The second-order valence-corrected chi connectivity index (χ2v) is 9.32. The molecule has 2 amide bonds. The van der Waals surface area contributed by atoms with E-state index >= 15 is 0 Å². The van der Waals surface area contributed by atoms with Crippen molar-refractivity contribution in [1.29, 1.82) is 0 Å². The Morgan fingerprint density at radius 1 is 1.03 bits per heavy atom. The standard InChI is InChI=1S/C30H30N2O6/c1-17(2)38-25-13-12-21(14-18(25)3)28(34)26-27(20-8-6-11-24(15-20)37-5)32(30(36)29(26)35)23-10-7-9-22(16-23)31-19(4)33/h6-17,27,34H,1-5H3,(H,31,33)/b28-26+. The normalized spacial score (nSPS) is 16.6. The van der Waals surface area contributed by atoms with Gasteiger partial charge in [-0.05, 0) is 80.4 Å². The molecule has 1 fully saturated rings. The monoisotopic (exact) mass is 514 g/mol. The summed E-state index contributed by atoms with van der Waals surface area (Å²) in [5.74, 6) is -0.983. The van der Waals surface area contributed by atoms with Gasteiger partial charge in [0.25, 0.3) is 11.7 Å². The predicted molar refractivity (Wildman–Crippen MR) is 145 cm³/mol. The van der Waals surface area contributed by atoms with Gasteiger partial charge in [-0.2, -0.15) is 0 Å². The number of nitrogens with zero attached hydrogens (tertiary/aromatic N) is 1. The Morgan fingerprint density at radius 3 is 2.42 bits per heavy atom. The number of ether oxygens (including phenoxy) is 2. The minimum Gasteiger partial charge on any atom is -0.507 e. The minimum atomic E-state index is -0.940. The van der Waals surface area contributed by atoms with Gasteiger partial charge in [-0.3, -0.25) is 19.3 Å². The molecule has 0 saturated carbocycles. The Hall–Kier alpha value is -4.59. The molecule has 0 radical (unpaired) electrons. The van der Waals surface area contributed by atoms with E-state index in [1.807, 2.05) is 20.8 Å². The Morgan fingerprint density at radius 2 is 1.76 bits per heavy atom. The van der Waals surface area contributed by atoms with Crippen molar-refractivity contribution in [3.63, 3.8) is 0 Å². The van der Waals surface area contributed by atoms with E-state index in [-0.39, 0.29) is 23.3 Å². The number of aliphatic hydroxyl groups is 1. The Kier molecular flexibility index (Phi) is 7.52. The zero-order chi connectivity index (χ0) is 27.6. The minimum absolute atomic E-state index is 0.0280. The summed E-state index contributed by atoms with van der Waals surface area (Å²) in [6.45, 7) is 7.07. The van der Waals surface area contributed by atoms with Crippen LogP contribution < -0.4 is 19.7 Å². The van der Waals surface area contributed by atoms with Crippen LogP contribution in [-0.4, -0.2) is 35.9 Å². The number of rotatable bonds is 7. The molecule has 0 spiro atoms. The van der Waals surface area contributed by atoms with Gasteiger partial charge < -0.3 is 19.9 Å². The Balaban J connectivity index is 1.90. The fraction of sp³-hybridized carbons (Fsp3) is 0.233. The molecule has 0 bridgehead atoms. The molecule has 3 aromatic carbocycles. The molecular formula is C30H30N2O6. The van der Waals surface area contributed by atoms with Gasteiger partial charge in [0, 0.05) is 23.9 Å². The van der Waals surface area contributed by atoms with Gasteiger partial charge >= 0.3 is 0 Å². The first-order valence-electron chi connectivity index (χ1n) is 12.2. The third-order valence-electron chi connectivity index (χ3n) is 6.11. The zero-order valence-corrected chi connectivity index (χ0v) is 21.9. The lowest BCUT2D eigenvalue weighted by Gasteiger charge is -2.26. The van der Waals surface area contributed by atoms with Crippen LogP contribution in [0.5, 0.6) is 11.5 Å². The molecule has 1 unspecified atom stereocenters. The number of aliphatic hydroxyl groups excluding tert-OH is 1. The van der Waals surface area contributed by atoms with Crippen LogP contribution in [0.2, 0.25) is 0 Å². The van der Waals surface area contributed by atoms with E-state index in [0.29, 0.717) is 34.0 Å². The number of ketones is 1. The van der Waals surface area contributed by atoms with Crippen LogP contribution in [-0.2, 0) is 14.4 Å². The van der Waals surface area contributed by atoms with Gasteiger partial charge in [0.1, 0.15) is 17.3 Å². The molecular weight excluding hydrogens is 484 g/mol. The molecule has 1 atom stereocenters. The van der Waals surface area contributed by atoms with Crippen molar-refractivity contribution in [2.24, 2.45) is 0 Å². The van der Waals surface area contributed by atoms with E-state index in [4.69, 9.17) is 9.47 Å². The molecule has 1 aliphatic rings. The largest absolute Gasteiger partial charge is 0.507 e. The number of hydrogen-bond acceptors (Lipinski definition) is 6. The number of hydrogen-bond donors (Lipinski definition) is 2. The number of methoxy groups -OCH3 is 1. The number of nitrogens with one attached hydrogen (secondary N) is 1. The highest BCUT2D eigenvalue weighted by Crippen LogP contribution is 2.43. The molecule has 1 saturated heterocycles. The van der Waals surface area contributed by atoms with E-state index in [2.05, 4.69) is 5.32 Å². The molecule has 38 heavy (non-hydrogen) atoms. The number of carbonyl (C=O) groups is 3. The summed E-state index contributed by atoms with van der Waals surface area (Å²) < 4.78 is 11.2. The average Bonchev–Trinajstić information content (AvgIpc) is 3.14. The van der Waals surface area contributed by atoms with Gasteiger partial charge in [0.15, 0.2) is 0 Å². The highest BCUT2D eigenvalue weighted by atomic mass is 16.5. The second-order valence-electron chi connectivity index (χ2n) is 9.32. The van der Waals surface area contributed by atoms with Crippen molar-refractivity contribution in [2.45, 2.75) is 39.8 Å². The van der Waals surface area contributed by atoms with Crippen molar-refractivity contribution in [2.75, 3.05) is 17.3 Å². The van der Waals surface area contributed by atoms with Gasteiger partial charge in [0.05, 0.1) is 24.8 Å². The maximum absolute atomic E-state index is 13.5. The van der Waals surface area contributed by atoms with Gasteiger partial charge in [-0.15, -0.1) is 0 Å². The van der Waals surface area contributed by atoms with Crippen LogP contribution >= 0.6 is 0 Å². The van der Waals surface area contributed by atoms with E-state index < -0.39 is 17.7 Å². The number of Topliss-reactive ketones (excluding diaryl/α,β-unsaturated/α-hetero) is 1. The third kappa shape index (κ3) is 5.25. The molecule has 1 aliphatic heterocycles. The topological polar surface area (TPSA) is 105 Å². The van der Waals surface area contributed by atoms with E-state index in [9.17, 15) is 19.5 Å². The molecule has 8 nitrogen and oxygen atoms in total. The van der Waals surface area contributed by atoms with Crippen LogP contribution in [0.15, 0.2) is 72.3 Å². The fourth-order valence-corrected chi connectivity index (χ4v) is 4.50. The van der Waals surface area contributed by atoms with Gasteiger partial charge in [-0.1, -0.05) is 18.2 Å². The number of amides is 2. The summed E-state index contributed by atoms with van der Waals surface area (Å²) in [7, 11) is 1.52. The Labute approximate surface area is 221 Å². The van der Waals surface area contributed by atoms with Crippen molar-refractivity contribution in [3.05, 3.63) is 89.0 Å². The number of aryl methyl sites for hydroxylation is 1. The summed E-state index contributed by atoms with van der Waals surface area (Å²) in [4.78, 5) is 39.9. The van der Waals surface area contributed by atoms with Crippen molar-refractivity contribution in [1.82, 2.24) is 0 Å². The summed E-state index contributed by atoms with van der Waals surface area (Å²) in [5.41, 5.74) is 2.55. The highest BCUT2D eigenvalue weighted by Gasteiger charge is 2.47. The number of carbonyl (C=O) groups excluding carboxylic acids is 3.